The molecule has 17 heteroatoms. The van der Waals surface area contributed by atoms with E-state index in [0.29, 0.717) is 22.9 Å². The first-order valence-electron chi connectivity index (χ1n) is 15.4. The lowest BCUT2D eigenvalue weighted by Gasteiger charge is -2.24. The number of benzene rings is 4. The minimum atomic E-state index is -4.58. The van der Waals surface area contributed by atoms with Gasteiger partial charge in [0.15, 0.2) is 31.3 Å². The summed E-state index contributed by atoms with van der Waals surface area (Å²) in [5.74, 6) is -0.974. The van der Waals surface area contributed by atoms with Gasteiger partial charge in [-0.25, -0.2) is 16.8 Å². The van der Waals surface area contributed by atoms with Crippen molar-refractivity contribution in [3.8, 4) is 11.3 Å². The molecular formula is C36H32Cl2F3N3O7S2. The smallest absolute Gasteiger partial charge is 0.354 e. The third-order valence-electron chi connectivity index (χ3n) is 7.99. The van der Waals surface area contributed by atoms with Crippen molar-refractivity contribution < 1.29 is 44.1 Å². The number of nitrogens with one attached hydrogen (secondary N) is 2. The van der Waals surface area contributed by atoms with Crippen molar-refractivity contribution in [1.29, 1.82) is 0 Å². The second kappa shape index (κ2) is 15.7. The van der Waals surface area contributed by atoms with Gasteiger partial charge in [-0.15, -0.1) is 0 Å². The molecule has 0 atom stereocenters. The minimum Gasteiger partial charge on any atom is -0.354 e. The van der Waals surface area contributed by atoms with Crippen LogP contribution in [-0.2, 0) is 35.4 Å². The van der Waals surface area contributed by atoms with Gasteiger partial charge in [-0.2, -0.15) is 13.2 Å². The number of amides is 2. The Balaban J connectivity index is 0.000000237. The fraction of sp³-hybridized carbons (Fsp3) is 0.194. The molecular weight excluding hydrogens is 778 g/mol. The molecule has 4 aromatic carbocycles. The Morgan fingerprint density at radius 1 is 0.660 bits per heavy atom. The zero-order chi connectivity index (χ0) is 39.4. The van der Waals surface area contributed by atoms with Gasteiger partial charge in [0, 0.05) is 16.7 Å². The van der Waals surface area contributed by atoms with E-state index in [1.165, 1.54) is 70.2 Å². The monoisotopic (exact) mass is 809 g/mol. The van der Waals surface area contributed by atoms with Crippen LogP contribution in [0.25, 0.3) is 11.3 Å². The zero-order valence-corrected chi connectivity index (χ0v) is 31.5. The summed E-state index contributed by atoms with van der Waals surface area (Å²) in [5.41, 5.74) is 0.0446. The highest BCUT2D eigenvalue weighted by molar-refractivity contribution is 7.94. The second-order valence-corrected chi connectivity index (χ2v) is 18.2. The number of sulfone groups is 2. The number of rotatable bonds is 9. The Bertz CT molecular complexity index is 2310. The van der Waals surface area contributed by atoms with E-state index in [1.54, 1.807) is 12.1 Å². The van der Waals surface area contributed by atoms with E-state index >= 15 is 0 Å². The number of para-hydroxylation sites is 1. The second-order valence-electron chi connectivity index (χ2n) is 12.3. The number of carbonyl (C=O) groups excluding carboxylic acids is 2. The summed E-state index contributed by atoms with van der Waals surface area (Å²) in [6, 6.07) is 25.7. The first-order valence-corrected chi connectivity index (χ1v) is 19.1. The van der Waals surface area contributed by atoms with Gasteiger partial charge in [0.25, 0.3) is 0 Å². The first kappa shape index (κ1) is 41.1. The summed E-state index contributed by atoms with van der Waals surface area (Å²) in [7, 11) is -8.20. The molecule has 2 N–H and O–H groups in total. The molecule has 0 bridgehead atoms. The summed E-state index contributed by atoms with van der Waals surface area (Å²) < 4.78 is 90.7. The average Bonchev–Trinajstić information content (AvgIpc) is 3.58. The fourth-order valence-electron chi connectivity index (χ4n) is 4.44. The third kappa shape index (κ3) is 9.10. The van der Waals surface area contributed by atoms with Gasteiger partial charge in [0.05, 0.1) is 26.1 Å². The molecule has 0 fully saturated rings. The first-order chi connectivity index (χ1) is 24.6. The number of carbonyl (C=O) groups is 2. The molecule has 53 heavy (non-hydrogen) atoms. The molecule has 0 aliphatic carbocycles. The number of aromatic nitrogens is 1. The quantitative estimate of drug-likeness (QED) is 0.150. The van der Waals surface area contributed by atoms with Gasteiger partial charge in [0.2, 0.25) is 11.8 Å². The van der Waals surface area contributed by atoms with Gasteiger partial charge in [-0.1, -0.05) is 70.8 Å². The number of hydrogen-bond donors (Lipinski definition) is 2. The molecule has 10 nitrogen and oxygen atoms in total. The van der Waals surface area contributed by atoms with Crippen LogP contribution in [0.1, 0.15) is 33.3 Å². The van der Waals surface area contributed by atoms with E-state index < -0.39 is 52.7 Å². The Morgan fingerprint density at radius 2 is 1.13 bits per heavy atom. The zero-order valence-electron chi connectivity index (χ0n) is 28.4. The molecule has 5 rings (SSSR count). The van der Waals surface area contributed by atoms with Crippen LogP contribution >= 0.6 is 23.2 Å². The maximum Gasteiger partial charge on any atom is 0.416 e. The Labute approximate surface area is 314 Å². The number of alkyl halides is 3. The van der Waals surface area contributed by atoms with E-state index in [-0.39, 0.29) is 26.3 Å². The summed E-state index contributed by atoms with van der Waals surface area (Å²) in [6.45, 7) is 5.02. The molecule has 0 radical (unpaired) electrons. The van der Waals surface area contributed by atoms with Gasteiger partial charge in [-0.05, 0) is 88.4 Å². The van der Waals surface area contributed by atoms with Gasteiger partial charge in [0.1, 0.15) is 9.49 Å². The molecule has 5 aromatic rings. The number of nitrogens with zero attached hydrogens (tertiary/aromatic N) is 1. The van der Waals surface area contributed by atoms with Crippen molar-refractivity contribution >= 4 is 66.2 Å². The lowest BCUT2D eigenvalue weighted by atomic mass is 10.2. The lowest BCUT2D eigenvalue weighted by molar-refractivity contribution is -0.137. The number of anilines is 2. The van der Waals surface area contributed by atoms with Crippen LogP contribution in [-0.4, -0.2) is 43.3 Å². The van der Waals surface area contributed by atoms with Gasteiger partial charge in [-0.3, -0.25) is 9.59 Å². The van der Waals surface area contributed by atoms with E-state index in [1.807, 2.05) is 30.3 Å². The average molecular weight is 811 g/mol. The minimum absolute atomic E-state index is 0.0113. The SMILES string of the molecule is CC(C)(C(=O)Nc1cc(-c2ccccc2)on1)S(=O)(=O)c1ccc(Cl)cc1.CC(C)(C(=O)Nc1ccccc1Cl)S(=O)(=O)c1ccc(C(F)(F)F)cc1. The van der Waals surface area contributed by atoms with E-state index in [0.717, 1.165) is 17.7 Å². The predicted octanol–water partition coefficient (Wildman–Crippen LogP) is 8.74. The standard InChI is InChI=1S/C19H17ClN2O4S.C17H15ClF3NO3S/c1-19(2,27(24,25)15-10-8-14(20)9-11-15)18(23)21-17-12-16(26-22-17)13-6-4-3-5-7-13;1-16(2,15(23)22-14-6-4-3-5-13(14)18)26(24,25)12-9-7-11(8-10-12)17(19,20)21/h3-12H,1-2H3,(H,21,22,23);3-10H,1-2H3,(H,22,23). The Hall–Kier alpha value is -4.70. The van der Waals surface area contributed by atoms with Gasteiger partial charge < -0.3 is 15.2 Å². The molecule has 0 spiro atoms. The van der Waals surface area contributed by atoms with E-state index in [4.69, 9.17) is 27.7 Å². The van der Waals surface area contributed by atoms with Crippen LogP contribution in [0, 0.1) is 0 Å². The van der Waals surface area contributed by atoms with Crippen molar-refractivity contribution in [2.24, 2.45) is 0 Å². The molecule has 0 unspecified atom stereocenters. The van der Waals surface area contributed by atoms with Crippen LogP contribution in [0.3, 0.4) is 0 Å². The van der Waals surface area contributed by atoms with Crippen LogP contribution in [0.4, 0.5) is 24.7 Å². The summed E-state index contributed by atoms with van der Waals surface area (Å²) in [5, 5.41) is 9.37. The van der Waals surface area contributed by atoms with Gasteiger partial charge >= 0.3 is 6.18 Å². The Kier molecular flexibility index (Phi) is 12.2. The molecule has 280 valence electrons. The van der Waals surface area contributed by atoms with Crippen LogP contribution < -0.4 is 10.6 Å². The molecule has 0 saturated heterocycles. The molecule has 1 aromatic heterocycles. The number of hydrogen-bond acceptors (Lipinski definition) is 8. The maximum atomic E-state index is 12.9. The largest absolute Gasteiger partial charge is 0.416 e. The molecule has 0 aliphatic heterocycles. The van der Waals surface area contributed by atoms with Crippen molar-refractivity contribution in [3.05, 3.63) is 125 Å². The third-order valence-corrected chi connectivity index (χ3v) is 13.4. The molecule has 1 heterocycles. The summed E-state index contributed by atoms with van der Waals surface area (Å²) in [4.78, 5) is 24.8. The predicted molar refractivity (Wildman–Crippen MR) is 196 cm³/mol. The Morgan fingerprint density at radius 3 is 1.64 bits per heavy atom. The van der Waals surface area contributed by atoms with E-state index in [9.17, 15) is 39.6 Å². The summed E-state index contributed by atoms with van der Waals surface area (Å²) in [6.07, 6.45) is -4.58. The topological polar surface area (TPSA) is 153 Å². The maximum absolute atomic E-state index is 12.9. The number of halogens is 5. The van der Waals surface area contributed by atoms with Crippen LogP contribution in [0.5, 0.6) is 0 Å². The van der Waals surface area contributed by atoms with Crippen molar-refractivity contribution in [3.63, 3.8) is 0 Å². The molecule has 0 saturated carbocycles. The van der Waals surface area contributed by atoms with Crippen LogP contribution in [0.15, 0.2) is 124 Å². The highest BCUT2D eigenvalue weighted by atomic mass is 35.5. The van der Waals surface area contributed by atoms with Crippen LogP contribution in [0.2, 0.25) is 10.0 Å². The van der Waals surface area contributed by atoms with Crippen molar-refractivity contribution in [2.75, 3.05) is 10.6 Å². The summed E-state index contributed by atoms with van der Waals surface area (Å²) >= 11 is 11.7. The van der Waals surface area contributed by atoms with Crippen molar-refractivity contribution in [1.82, 2.24) is 5.16 Å². The molecule has 0 aliphatic rings. The lowest BCUT2D eigenvalue weighted by Crippen LogP contribution is -2.44. The van der Waals surface area contributed by atoms with E-state index in [2.05, 4.69) is 15.8 Å². The van der Waals surface area contributed by atoms with Crippen molar-refractivity contribution in [2.45, 2.75) is 53.2 Å². The highest BCUT2D eigenvalue weighted by Crippen LogP contribution is 2.33. The highest BCUT2D eigenvalue weighted by Gasteiger charge is 2.44. The fourth-order valence-corrected chi connectivity index (χ4v) is 7.51. The normalized spacial score (nSPS) is 12.3. The molecule has 2 amide bonds.